The summed E-state index contributed by atoms with van der Waals surface area (Å²) in [6.45, 7) is 2.08. The van der Waals surface area contributed by atoms with E-state index in [1.54, 1.807) is 36.4 Å². The van der Waals surface area contributed by atoms with Gasteiger partial charge in [-0.1, -0.05) is 49.7 Å². The first-order chi connectivity index (χ1) is 14.3. The van der Waals surface area contributed by atoms with Crippen molar-refractivity contribution in [2.24, 2.45) is 0 Å². The highest BCUT2D eigenvalue weighted by Crippen LogP contribution is 2.36. The minimum absolute atomic E-state index is 0.0212. The smallest absolute Gasteiger partial charge is 0.207 e. The van der Waals surface area contributed by atoms with Crippen LogP contribution in [0.3, 0.4) is 0 Å². The van der Waals surface area contributed by atoms with Crippen molar-refractivity contribution in [3.8, 4) is 0 Å². The fourth-order valence-corrected chi connectivity index (χ4v) is 4.10. The summed E-state index contributed by atoms with van der Waals surface area (Å²) in [5.41, 5.74) is 4.24. The van der Waals surface area contributed by atoms with Crippen LogP contribution in [-0.2, 0) is 9.05 Å². The third kappa shape index (κ3) is 5.35. The number of unbranched alkanes of at least 4 members (excludes halogenated alkanes) is 1. The number of hydrogen-bond donors (Lipinski definition) is 0. The summed E-state index contributed by atoms with van der Waals surface area (Å²) >= 11 is 0. The molecule has 0 aliphatic heterocycles. The molecule has 0 radical (unpaired) electrons. The lowest BCUT2D eigenvalue weighted by molar-refractivity contribution is 0.609. The number of benzene rings is 3. The maximum Gasteiger partial charge on any atom is 0.261 e. The lowest BCUT2D eigenvalue weighted by atomic mass is 9.87. The zero-order chi connectivity index (χ0) is 21.7. The molecule has 0 N–H and O–H groups in total. The molecule has 3 aromatic rings. The molecule has 0 saturated carbocycles. The molecule has 30 heavy (non-hydrogen) atoms. The number of hydrogen-bond acceptors (Lipinski definition) is 2. The van der Waals surface area contributed by atoms with Gasteiger partial charge < -0.3 is 0 Å². The maximum absolute atomic E-state index is 13.6. The second-order valence-corrected chi connectivity index (χ2v) is 9.50. The van der Waals surface area contributed by atoms with Gasteiger partial charge in [0.1, 0.15) is 11.6 Å². The summed E-state index contributed by atoms with van der Waals surface area (Å²) in [4.78, 5) is 0.0212. The van der Waals surface area contributed by atoms with Crippen LogP contribution < -0.4 is 0 Å². The van der Waals surface area contributed by atoms with Crippen molar-refractivity contribution in [1.29, 1.82) is 0 Å². The molecule has 0 unspecified atom stereocenters. The normalized spacial score (nSPS) is 11.3. The largest absolute Gasteiger partial charge is 0.261 e. The van der Waals surface area contributed by atoms with E-state index in [9.17, 15) is 17.2 Å². The van der Waals surface area contributed by atoms with Crippen molar-refractivity contribution in [3.05, 3.63) is 101 Å². The Morgan fingerprint density at radius 1 is 0.767 bits per heavy atom. The summed E-state index contributed by atoms with van der Waals surface area (Å²) in [5.74, 6) is -0.687. The standard InChI is InChI=1S/C24H21ClF2O2S/c1-2-3-4-23(17-9-15-22(16-10-17)30(25,28)29)24(18-5-11-20(26)12-6-18)19-7-13-21(27)14-8-19/h5-16H,2-4H2,1H3. The minimum Gasteiger partial charge on any atom is -0.207 e. The molecule has 6 heteroatoms. The third-order valence-electron chi connectivity index (χ3n) is 4.83. The molecule has 0 bridgehead atoms. The first kappa shape index (κ1) is 22.2. The van der Waals surface area contributed by atoms with Gasteiger partial charge in [-0.25, -0.2) is 17.2 Å². The molecule has 0 amide bonds. The predicted molar refractivity (Wildman–Crippen MR) is 118 cm³/mol. The first-order valence-electron chi connectivity index (χ1n) is 9.59. The van der Waals surface area contributed by atoms with Crippen LogP contribution in [0.1, 0.15) is 42.9 Å². The van der Waals surface area contributed by atoms with Crippen LogP contribution in [0.25, 0.3) is 11.1 Å². The highest BCUT2D eigenvalue weighted by molar-refractivity contribution is 8.13. The van der Waals surface area contributed by atoms with Gasteiger partial charge in [-0.05, 0) is 77.1 Å². The van der Waals surface area contributed by atoms with E-state index in [4.69, 9.17) is 10.7 Å². The number of halogens is 3. The van der Waals surface area contributed by atoms with Crippen molar-refractivity contribution < 1.29 is 17.2 Å². The minimum atomic E-state index is -3.82. The van der Waals surface area contributed by atoms with Crippen LogP contribution in [0.5, 0.6) is 0 Å². The van der Waals surface area contributed by atoms with Crippen LogP contribution in [0.2, 0.25) is 0 Å². The summed E-state index contributed by atoms with van der Waals surface area (Å²) in [6, 6.07) is 18.7. The van der Waals surface area contributed by atoms with Crippen LogP contribution in [0.15, 0.2) is 77.7 Å². The van der Waals surface area contributed by atoms with Crippen LogP contribution >= 0.6 is 10.7 Å². The molecular formula is C24H21ClF2O2S. The zero-order valence-electron chi connectivity index (χ0n) is 16.4. The van der Waals surface area contributed by atoms with Crippen LogP contribution in [0.4, 0.5) is 8.78 Å². The van der Waals surface area contributed by atoms with E-state index in [1.807, 2.05) is 0 Å². The average Bonchev–Trinajstić information content (AvgIpc) is 2.72. The van der Waals surface area contributed by atoms with Crippen molar-refractivity contribution in [1.82, 2.24) is 0 Å². The molecule has 0 aliphatic rings. The van der Waals surface area contributed by atoms with E-state index in [2.05, 4.69) is 6.92 Å². The molecule has 0 spiro atoms. The summed E-state index contributed by atoms with van der Waals surface area (Å²) in [7, 11) is 1.62. The second kappa shape index (κ2) is 9.54. The van der Waals surface area contributed by atoms with Gasteiger partial charge in [-0.15, -0.1) is 0 Å². The SMILES string of the molecule is CCCCC(=C(c1ccc(F)cc1)c1ccc(F)cc1)c1ccc(S(=O)(=O)Cl)cc1. The number of allylic oxidation sites excluding steroid dienone is 1. The molecule has 2 nitrogen and oxygen atoms in total. The van der Waals surface area contributed by atoms with Gasteiger partial charge in [0.15, 0.2) is 0 Å². The molecule has 0 aromatic heterocycles. The van der Waals surface area contributed by atoms with E-state index in [0.29, 0.717) is 6.42 Å². The summed E-state index contributed by atoms with van der Waals surface area (Å²) in [6.07, 6.45) is 2.57. The van der Waals surface area contributed by atoms with Gasteiger partial charge in [0.2, 0.25) is 0 Å². The molecule has 0 heterocycles. The third-order valence-corrected chi connectivity index (χ3v) is 6.20. The zero-order valence-corrected chi connectivity index (χ0v) is 18.0. The summed E-state index contributed by atoms with van der Waals surface area (Å²) < 4.78 is 50.3. The Balaban J connectivity index is 2.25. The molecular weight excluding hydrogens is 426 g/mol. The van der Waals surface area contributed by atoms with Gasteiger partial charge >= 0.3 is 0 Å². The lowest BCUT2D eigenvalue weighted by Gasteiger charge is -2.18. The Bertz CT molecular complexity index is 1090. The molecule has 0 fully saturated rings. The lowest BCUT2D eigenvalue weighted by Crippen LogP contribution is -1.98. The highest BCUT2D eigenvalue weighted by atomic mass is 35.7. The Morgan fingerprint density at radius 3 is 1.60 bits per heavy atom. The van der Waals surface area contributed by atoms with Gasteiger partial charge in [-0.2, -0.15) is 0 Å². The van der Waals surface area contributed by atoms with Gasteiger partial charge in [0, 0.05) is 10.7 Å². The van der Waals surface area contributed by atoms with Crippen LogP contribution in [0, 0.1) is 11.6 Å². The van der Waals surface area contributed by atoms with Crippen molar-refractivity contribution in [2.75, 3.05) is 0 Å². The van der Waals surface area contributed by atoms with Crippen molar-refractivity contribution >= 4 is 30.9 Å². The van der Waals surface area contributed by atoms with Crippen molar-refractivity contribution in [2.45, 2.75) is 31.1 Å². The molecule has 3 aromatic carbocycles. The van der Waals surface area contributed by atoms with E-state index < -0.39 is 9.05 Å². The topological polar surface area (TPSA) is 34.1 Å². The van der Waals surface area contributed by atoms with Gasteiger partial charge in [0.25, 0.3) is 9.05 Å². The fourth-order valence-electron chi connectivity index (χ4n) is 3.33. The van der Waals surface area contributed by atoms with E-state index in [-0.39, 0.29) is 16.5 Å². The fraction of sp³-hybridized carbons (Fsp3) is 0.167. The number of rotatable bonds is 7. The monoisotopic (exact) mass is 446 g/mol. The van der Waals surface area contributed by atoms with Gasteiger partial charge in [-0.3, -0.25) is 0 Å². The molecule has 156 valence electrons. The van der Waals surface area contributed by atoms with E-state index in [0.717, 1.165) is 40.7 Å². The highest BCUT2D eigenvalue weighted by Gasteiger charge is 2.16. The molecule has 0 saturated heterocycles. The molecule has 3 rings (SSSR count). The average molecular weight is 447 g/mol. The van der Waals surface area contributed by atoms with E-state index in [1.165, 1.54) is 36.4 Å². The Hall–Kier alpha value is -2.50. The van der Waals surface area contributed by atoms with Crippen LogP contribution in [-0.4, -0.2) is 8.42 Å². The molecule has 0 atom stereocenters. The molecule has 0 aliphatic carbocycles. The quantitative estimate of drug-likeness (QED) is 0.288. The first-order valence-corrected chi connectivity index (χ1v) is 11.9. The maximum atomic E-state index is 13.6. The van der Waals surface area contributed by atoms with Crippen molar-refractivity contribution in [3.63, 3.8) is 0 Å². The summed E-state index contributed by atoms with van der Waals surface area (Å²) in [5, 5.41) is 0. The Kier molecular flexibility index (Phi) is 7.06. The second-order valence-electron chi connectivity index (χ2n) is 6.93. The van der Waals surface area contributed by atoms with E-state index >= 15 is 0 Å². The van der Waals surface area contributed by atoms with Gasteiger partial charge in [0.05, 0.1) is 4.90 Å². The Morgan fingerprint density at radius 2 is 1.20 bits per heavy atom. The Labute approximate surface area is 180 Å². The predicted octanol–water partition coefficient (Wildman–Crippen LogP) is 7.04.